The lowest BCUT2D eigenvalue weighted by Gasteiger charge is -2.05. The Bertz CT molecular complexity index is 513. The second kappa shape index (κ2) is 17.0. The summed E-state index contributed by atoms with van der Waals surface area (Å²) in [5.41, 5.74) is 0. The van der Waals surface area contributed by atoms with Gasteiger partial charge in [0.1, 0.15) is 0 Å². The molecule has 7 heteroatoms. The number of hydrogen-bond donors (Lipinski definition) is 1. The fourth-order valence-electron chi connectivity index (χ4n) is 3.02. The molecule has 28 heavy (non-hydrogen) atoms. The van der Waals surface area contributed by atoms with Gasteiger partial charge in [-0.05, 0) is 18.8 Å². The van der Waals surface area contributed by atoms with E-state index < -0.39 is 27.6 Å². The molecule has 0 saturated carbocycles. The van der Waals surface area contributed by atoms with E-state index in [0.717, 1.165) is 18.8 Å². The smallest absolute Gasteiger partial charge is 0.374 e. The molecule has 0 aliphatic rings. The molecule has 6 nitrogen and oxygen atoms in total. The van der Waals surface area contributed by atoms with Crippen LogP contribution in [0.4, 0.5) is 0 Å². The number of carbonyl (C=O) groups is 2. The summed E-state index contributed by atoms with van der Waals surface area (Å²) in [5, 5.41) is 0. The first kappa shape index (κ1) is 27.0. The first-order valence-corrected chi connectivity index (χ1v) is 12.5. The van der Waals surface area contributed by atoms with Crippen LogP contribution in [0, 0.1) is 5.92 Å². The highest BCUT2D eigenvalue weighted by molar-refractivity contribution is 7.85. The lowest BCUT2D eigenvalue weighted by molar-refractivity contribution is -0.153. The van der Waals surface area contributed by atoms with E-state index in [1.165, 1.54) is 57.8 Å². The van der Waals surface area contributed by atoms with E-state index in [2.05, 4.69) is 13.8 Å². The molecule has 0 spiro atoms. The first-order valence-electron chi connectivity index (χ1n) is 10.9. The van der Waals surface area contributed by atoms with Gasteiger partial charge >= 0.3 is 5.97 Å². The number of unbranched alkanes of at least 4 members (excludes halogenated alkanes) is 10. The average molecular weight is 421 g/mol. The predicted molar refractivity (Wildman–Crippen MR) is 112 cm³/mol. The van der Waals surface area contributed by atoms with Crippen LogP contribution >= 0.6 is 0 Å². The van der Waals surface area contributed by atoms with Crippen molar-refractivity contribution in [1.82, 2.24) is 0 Å². The molecule has 0 aromatic carbocycles. The summed E-state index contributed by atoms with van der Waals surface area (Å²) in [7, 11) is -4.06. The highest BCUT2D eigenvalue weighted by atomic mass is 32.2. The molecule has 0 amide bonds. The summed E-state index contributed by atoms with van der Waals surface area (Å²) < 4.78 is 34.3. The van der Waals surface area contributed by atoms with Crippen molar-refractivity contribution in [3.63, 3.8) is 0 Å². The van der Waals surface area contributed by atoms with Gasteiger partial charge in [0.15, 0.2) is 0 Å². The molecule has 0 radical (unpaired) electrons. The van der Waals surface area contributed by atoms with Gasteiger partial charge < -0.3 is 4.74 Å². The summed E-state index contributed by atoms with van der Waals surface area (Å²) >= 11 is 0. The highest BCUT2D eigenvalue weighted by Crippen LogP contribution is 2.14. The maximum atomic E-state index is 11.6. The molecule has 166 valence electrons. The Balaban J connectivity index is 3.39. The number of esters is 1. The second-order valence-corrected chi connectivity index (χ2v) is 9.59. The number of ether oxygens (including phenoxy) is 1. The number of hydrogen-bond acceptors (Lipinski definition) is 5. The first-order chi connectivity index (χ1) is 13.2. The van der Waals surface area contributed by atoms with Gasteiger partial charge in [0.05, 0.1) is 12.4 Å². The van der Waals surface area contributed by atoms with E-state index in [9.17, 15) is 18.0 Å². The van der Waals surface area contributed by atoms with Gasteiger partial charge in [0.25, 0.3) is 10.1 Å². The monoisotopic (exact) mass is 420 g/mol. The molecule has 0 aliphatic heterocycles. The molecule has 0 heterocycles. The highest BCUT2D eigenvalue weighted by Gasteiger charge is 2.15. The van der Waals surface area contributed by atoms with Gasteiger partial charge in [-0.25, -0.2) is 4.79 Å². The molecule has 0 aliphatic carbocycles. The largest absolute Gasteiger partial charge is 0.460 e. The van der Waals surface area contributed by atoms with Crippen molar-refractivity contribution in [2.45, 2.75) is 104 Å². The summed E-state index contributed by atoms with van der Waals surface area (Å²) in [5.74, 6) is -1.14. The van der Waals surface area contributed by atoms with E-state index in [4.69, 9.17) is 9.29 Å². The fourth-order valence-corrected chi connectivity index (χ4v) is 3.50. The van der Waals surface area contributed by atoms with E-state index in [1.54, 1.807) is 0 Å². The molecule has 0 unspecified atom stereocenters. The van der Waals surface area contributed by atoms with E-state index in [0.29, 0.717) is 6.42 Å². The summed E-state index contributed by atoms with van der Waals surface area (Å²) in [6.07, 6.45) is 14.6. The van der Waals surface area contributed by atoms with Crippen molar-refractivity contribution in [3.05, 3.63) is 0 Å². The number of ketones is 1. The van der Waals surface area contributed by atoms with Crippen LogP contribution < -0.4 is 0 Å². The van der Waals surface area contributed by atoms with Crippen molar-refractivity contribution in [3.8, 4) is 0 Å². The molecule has 0 aromatic rings. The van der Waals surface area contributed by atoms with Crippen LogP contribution in [-0.2, 0) is 24.4 Å². The predicted octanol–water partition coefficient (Wildman–Crippen LogP) is 5.10. The Morgan fingerprint density at radius 2 is 1.25 bits per heavy atom. The number of carbonyl (C=O) groups excluding carboxylic acids is 2. The van der Waals surface area contributed by atoms with Crippen LogP contribution in [0.1, 0.15) is 104 Å². The molecular weight excluding hydrogens is 380 g/mol. The number of rotatable bonds is 19. The van der Waals surface area contributed by atoms with Crippen LogP contribution in [-0.4, -0.2) is 37.1 Å². The normalized spacial score (nSPS) is 11.7. The van der Waals surface area contributed by atoms with Gasteiger partial charge in [-0.3, -0.25) is 9.35 Å². The summed E-state index contributed by atoms with van der Waals surface area (Å²) in [6, 6.07) is 0. The SMILES string of the molecule is CC(C)CCCCCCCCCCCCCC(=O)C(=O)OCCCS(=O)(=O)O. The third kappa shape index (κ3) is 19.8. The van der Waals surface area contributed by atoms with Crippen molar-refractivity contribution in [2.24, 2.45) is 5.92 Å². The molecule has 0 aromatic heterocycles. The maximum absolute atomic E-state index is 11.6. The Hall–Kier alpha value is -0.950. The van der Waals surface area contributed by atoms with Crippen molar-refractivity contribution < 1.29 is 27.3 Å². The molecular formula is C21H40O6S. The second-order valence-electron chi connectivity index (χ2n) is 8.02. The minimum atomic E-state index is -4.06. The quantitative estimate of drug-likeness (QED) is 0.135. The Morgan fingerprint density at radius 1 is 0.786 bits per heavy atom. The third-order valence-electron chi connectivity index (χ3n) is 4.69. The summed E-state index contributed by atoms with van der Waals surface area (Å²) in [4.78, 5) is 23.1. The molecule has 1 N–H and O–H groups in total. The number of Topliss-reactive ketones (excluding diaryl/α,β-unsaturated/α-hetero) is 1. The molecule has 0 fully saturated rings. The maximum Gasteiger partial charge on any atom is 0.374 e. The zero-order valence-electron chi connectivity index (χ0n) is 17.8. The minimum absolute atomic E-state index is 0.0181. The van der Waals surface area contributed by atoms with Crippen LogP contribution in [0.3, 0.4) is 0 Å². The molecule has 0 atom stereocenters. The van der Waals surface area contributed by atoms with Gasteiger partial charge in [-0.15, -0.1) is 0 Å². The van der Waals surface area contributed by atoms with Crippen LogP contribution in [0.2, 0.25) is 0 Å². The van der Waals surface area contributed by atoms with Crippen LogP contribution in [0.15, 0.2) is 0 Å². The zero-order valence-corrected chi connectivity index (χ0v) is 18.6. The van der Waals surface area contributed by atoms with Crippen LogP contribution in [0.5, 0.6) is 0 Å². The Morgan fingerprint density at radius 3 is 1.71 bits per heavy atom. The van der Waals surface area contributed by atoms with Crippen molar-refractivity contribution in [1.29, 1.82) is 0 Å². The minimum Gasteiger partial charge on any atom is -0.460 e. The van der Waals surface area contributed by atoms with Gasteiger partial charge in [-0.1, -0.05) is 84.5 Å². The molecule has 0 bridgehead atoms. The van der Waals surface area contributed by atoms with Gasteiger partial charge in [0.2, 0.25) is 5.78 Å². The third-order valence-corrected chi connectivity index (χ3v) is 5.50. The standard InChI is InChI=1S/C21H40O6S/c1-19(2)15-12-10-8-6-4-3-5-7-9-11-13-16-20(22)21(23)27-17-14-18-28(24,25)26/h19H,3-18H2,1-2H3,(H,24,25,26). The summed E-state index contributed by atoms with van der Waals surface area (Å²) in [6.45, 7) is 4.37. The van der Waals surface area contributed by atoms with Gasteiger partial charge in [0, 0.05) is 6.42 Å². The van der Waals surface area contributed by atoms with Crippen LogP contribution in [0.25, 0.3) is 0 Å². The Kier molecular flexibility index (Phi) is 16.4. The van der Waals surface area contributed by atoms with E-state index >= 15 is 0 Å². The van der Waals surface area contributed by atoms with E-state index in [-0.39, 0.29) is 19.4 Å². The Labute approximate surface area is 171 Å². The topological polar surface area (TPSA) is 97.7 Å². The van der Waals surface area contributed by atoms with Crippen molar-refractivity contribution in [2.75, 3.05) is 12.4 Å². The lowest BCUT2D eigenvalue weighted by Crippen LogP contribution is -2.19. The van der Waals surface area contributed by atoms with Gasteiger partial charge in [-0.2, -0.15) is 8.42 Å². The van der Waals surface area contributed by atoms with Crippen molar-refractivity contribution >= 4 is 21.9 Å². The molecule has 0 saturated heterocycles. The lowest BCUT2D eigenvalue weighted by atomic mass is 10.0. The van der Waals surface area contributed by atoms with E-state index in [1.807, 2.05) is 0 Å². The zero-order chi connectivity index (χ0) is 21.3. The fraction of sp³-hybridized carbons (Fsp3) is 0.905. The molecule has 0 rings (SSSR count). The average Bonchev–Trinajstić information content (AvgIpc) is 2.61.